The molecule has 1 aliphatic carbocycles. The van der Waals surface area contributed by atoms with Crippen LogP contribution in [0.2, 0.25) is 5.02 Å². The Bertz CT molecular complexity index is 435. The van der Waals surface area contributed by atoms with E-state index in [1.807, 2.05) is 12.1 Å². The highest BCUT2D eigenvalue weighted by Crippen LogP contribution is 2.43. The summed E-state index contributed by atoms with van der Waals surface area (Å²) in [5, 5.41) is 0.215. The summed E-state index contributed by atoms with van der Waals surface area (Å²) >= 11 is 5.87. The highest BCUT2D eigenvalue weighted by molar-refractivity contribution is 6.30. The van der Waals surface area contributed by atoms with E-state index in [0.717, 1.165) is 24.3 Å². The molecule has 19 heavy (non-hydrogen) atoms. The van der Waals surface area contributed by atoms with Gasteiger partial charge in [0.2, 0.25) is 0 Å². The summed E-state index contributed by atoms with van der Waals surface area (Å²) in [5.41, 5.74) is 6.81. The zero-order valence-electron chi connectivity index (χ0n) is 11.6. The molecule has 2 rings (SSSR count). The molecule has 1 saturated carbocycles. The van der Waals surface area contributed by atoms with Gasteiger partial charge in [0.25, 0.3) is 0 Å². The van der Waals surface area contributed by atoms with Crippen LogP contribution in [-0.4, -0.2) is 6.54 Å². The first-order chi connectivity index (χ1) is 9.10. The molecule has 0 aliphatic heterocycles. The van der Waals surface area contributed by atoms with Crippen molar-refractivity contribution in [1.82, 2.24) is 0 Å². The summed E-state index contributed by atoms with van der Waals surface area (Å²) in [7, 11) is 0. The van der Waals surface area contributed by atoms with Crippen LogP contribution in [0.1, 0.15) is 44.6 Å². The van der Waals surface area contributed by atoms with Crippen LogP contribution in [0.5, 0.6) is 0 Å². The van der Waals surface area contributed by atoms with E-state index in [-0.39, 0.29) is 16.3 Å². The summed E-state index contributed by atoms with van der Waals surface area (Å²) in [6.07, 6.45) is 6.62. The molecule has 1 aromatic rings. The standard InChI is InChI=1S/C16H23ClFN/c1-2-12-5-4-8-16(9-12,11-19)10-13-6-3-7-14(17)15(13)18/h3,6-7,12H,2,4-5,8-11,19H2,1H3. The molecule has 3 heteroatoms. The fourth-order valence-corrected chi connectivity index (χ4v) is 3.63. The van der Waals surface area contributed by atoms with Crippen molar-refractivity contribution in [2.24, 2.45) is 17.1 Å². The molecule has 0 bridgehead atoms. The van der Waals surface area contributed by atoms with Crippen molar-refractivity contribution in [3.05, 3.63) is 34.6 Å². The highest BCUT2D eigenvalue weighted by Gasteiger charge is 2.35. The lowest BCUT2D eigenvalue weighted by atomic mass is 9.66. The van der Waals surface area contributed by atoms with Crippen LogP contribution in [0.25, 0.3) is 0 Å². The summed E-state index contributed by atoms with van der Waals surface area (Å²) in [6, 6.07) is 5.27. The SMILES string of the molecule is CCC1CCCC(CN)(Cc2cccc(Cl)c2F)C1. The van der Waals surface area contributed by atoms with E-state index >= 15 is 0 Å². The summed E-state index contributed by atoms with van der Waals surface area (Å²) < 4.78 is 14.1. The quantitative estimate of drug-likeness (QED) is 0.861. The van der Waals surface area contributed by atoms with Crippen LogP contribution in [0.15, 0.2) is 18.2 Å². The molecule has 106 valence electrons. The van der Waals surface area contributed by atoms with Crippen LogP contribution < -0.4 is 5.73 Å². The lowest BCUT2D eigenvalue weighted by Crippen LogP contribution is -2.38. The van der Waals surface area contributed by atoms with Gasteiger partial charge in [-0.25, -0.2) is 4.39 Å². The maximum atomic E-state index is 14.1. The molecule has 0 spiro atoms. The second kappa shape index (κ2) is 6.23. The summed E-state index contributed by atoms with van der Waals surface area (Å²) in [4.78, 5) is 0. The fraction of sp³-hybridized carbons (Fsp3) is 0.625. The molecular formula is C16H23ClFN. The molecule has 1 aliphatic rings. The Hall–Kier alpha value is -0.600. The molecule has 1 aromatic carbocycles. The maximum Gasteiger partial charge on any atom is 0.144 e. The van der Waals surface area contributed by atoms with Crippen molar-refractivity contribution in [3.63, 3.8) is 0 Å². The van der Waals surface area contributed by atoms with E-state index in [1.54, 1.807) is 6.07 Å². The van der Waals surface area contributed by atoms with Gasteiger partial charge in [0, 0.05) is 0 Å². The normalized spacial score (nSPS) is 27.5. The van der Waals surface area contributed by atoms with Gasteiger partial charge in [-0.15, -0.1) is 0 Å². The van der Waals surface area contributed by atoms with E-state index in [2.05, 4.69) is 6.92 Å². The van der Waals surface area contributed by atoms with Gasteiger partial charge in [-0.05, 0) is 48.8 Å². The maximum absolute atomic E-state index is 14.1. The highest BCUT2D eigenvalue weighted by atomic mass is 35.5. The fourth-order valence-electron chi connectivity index (χ4n) is 3.44. The Labute approximate surface area is 120 Å². The van der Waals surface area contributed by atoms with Gasteiger partial charge in [0.1, 0.15) is 5.82 Å². The van der Waals surface area contributed by atoms with Gasteiger partial charge in [-0.3, -0.25) is 0 Å². The lowest BCUT2D eigenvalue weighted by Gasteiger charge is -2.40. The molecule has 0 heterocycles. The minimum Gasteiger partial charge on any atom is -0.330 e. The van der Waals surface area contributed by atoms with Crippen LogP contribution in [0.4, 0.5) is 4.39 Å². The second-order valence-corrected chi connectivity index (χ2v) is 6.37. The smallest absolute Gasteiger partial charge is 0.144 e. The van der Waals surface area contributed by atoms with E-state index < -0.39 is 0 Å². The third-order valence-corrected chi connectivity index (χ3v) is 4.94. The van der Waals surface area contributed by atoms with E-state index in [9.17, 15) is 4.39 Å². The second-order valence-electron chi connectivity index (χ2n) is 5.96. The Balaban J connectivity index is 2.20. The minimum atomic E-state index is -0.268. The van der Waals surface area contributed by atoms with Crippen molar-refractivity contribution in [1.29, 1.82) is 0 Å². The molecule has 1 fully saturated rings. The largest absolute Gasteiger partial charge is 0.330 e. The predicted molar refractivity (Wildman–Crippen MR) is 78.9 cm³/mol. The minimum absolute atomic E-state index is 0.0600. The number of rotatable bonds is 4. The predicted octanol–water partition coefficient (Wildman–Crippen LogP) is 4.57. The van der Waals surface area contributed by atoms with Crippen molar-refractivity contribution in [3.8, 4) is 0 Å². The number of hydrogen-bond donors (Lipinski definition) is 1. The van der Waals surface area contributed by atoms with Gasteiger partial charge in [-0.1, -0.05) is 49.9 Å². The Morgan fingerprint density at radius 3 is 2.95 bits per heavy atom. The van der Waals surface area contributed by atoms with E-state index in [0.29, 0.717) is 13.0 Å². The van der Waals surface area contributed by atoms with Gasteiger partial charge in [-0.2, -0.15) is 0 Å². The van der Waals surface area contributed by atoms with Crippen LogP contribution in [0, 0.1) is 17.2 Å². The molecule has 2 N–H and O–H groups in total. The first-order valence-corrected chi connectivity index (χ1v) is 7.61. The molecule has 0 amide bonds. The number of benzene rings is 1. The monoisotopic (exact) mass is 283 g/mol. The van der Waals surface area contributed by atoms with Gasteiger partial charge >= 0.3 is 0 Å². The van der Waals surface area contributed by atoms with Gasteiger partial charge < -0.3 is 5.73 Å². The first-order valence-electron chi connectivity index (χ1n) is 7.23. The van der Waals surface area contributed by atoms with Crippen molar-refractivity contribution in [2.45, 2.75) is 45.4 Å². The average Bonchev–Trinajstić information content (AvgIpc) is 2.44. The third-order valence-electron chi connectivity index (χ3n) is 4.65. The number of halogens is 2. The average molecular weight is 284 g/mol. The summed E-state index contributed by atoms with van der Waals surface area (Å²) in [5.74, 6) is 0.468. The van der Waals surface area contributed by atoms with Crippen LogP contribution in [-0.2, 0) is 6.42 Å². The van der Waals surface area contributed by atoms with Crippen molar-refractivity contribution >= 4 is 11.6 Å². The number of hydrogen-bond acceptors (Lipinski definition) is 1. The molecule has 0 aromatic heterocycles. The molecule has 0 saturated heterocycles. The zero-order chi connectivity index (χ0) is 13.9. The van der Waals surface area contributed by atoms with Gasteiger partial charge in [0.15, 0.2) is 0 Å². The first kappa shape index (κ1) is 14.8. The van der Waals surface area contributed by atoms with E-state index in [1.165, 1.54) is 19.3 Å². The molecule has 2 unspecified atom stereocenters. The lowest BCUT2D eigenvalue weighted by molar-refractivity contribution is 0.141. The Kier molecular flexibility index (Phi) is 4.86. The summed E-state index contributed by atoms with van der Waals surface area (Å²) in [6.45, 7) is 2.87. The topological polar surface area (TPSA) is 26.0 Å². The van der Waals surface area contributed by atoms with Crippen molar-refractivity contribution < 1.29 is 4.39 Å². The Morgan fingerprint density at radius 2 is 2.26 bits per heavy atom. The van der Waals surface area contributed by atoms with E-state index in [4.69, 9.17) is 17.3 Å². The molecule has 1 nitrogen and oxygen atoms in total. The van der Waals surface area contributed by atoms with Crippen LogP contribution in [0.3, 0.4) is 0 Å². The van der Waals surface area contributed by atoms with Gasteiger partial charge in [0.05, 0.1) is 5.02 Å². The zero-order valence-corrected chi connectivity index (χ0v) is 12.3. The molecule has 0 radical (unpaired) electrons. The molecule has 2 atom stereocenters. The van der Waals surface area contributed by atoms with Crippen molar-refractivity contribution in [2.75, 3.05) is 6.54 Å². The van der Waals surface area contributed by atoms with Crippen LogP contribution >= 0.6 is 11.6 Å². The Morgan fingerprint density at radius 1 is 1.47 bits per heavy atom. The molecular weight excluding hydrogens is 261 g/mol. The third kappa shape index (κ3) is 3.29. The number of nitrogens with two attached hydrogens (primary N) is 1.